The van der Waals surface area contributed by atoms with Crippen LogP contribution in [0.2, 0.25) is 0 Å². The van der Waals surface area contributed by atoms with E-state index in [4.69, 9.17) is 5.11 Å². The van der Waals surface area contributed by atoms with Gasteiger partial charge in [0.1, 0.15) is 0 Å². The molecule has 8 heteroatoms. The number of anilines is 1. The zero-order chi connectivity index (χ0) is 18.3. The molecular weight excluding hydrogens is 344 g/mol. The van der Waals surface area contributed by atoms with Crippen LogP contribution in [0.15, 0.2) is 53.4 Å². The van der Waals surface area contributed by atoms with Crippen molar-refractivity contribution in [3.05, 3.63) is 59.7 Å². The van der Waals surface area contributed by atoms with Gasteiger partial charge in [-0.1, -0.05) is 30.3 Å². The van der Waals surface area contributed by atoms with Gasteiger partial charge in [0.05, 0.1) is 17.1 Å². The molecule has 25 heavy (non-hydrogen) atoms. The Morgan fingerprint density at radius 3 is 2.40 bits per heavy atom. The summed E-state index contributed by atoms with van der Waals surface area (Å²) in [5, 5.41) is 21.1. The fourth-order valence-electron chi connectivity index (χ4n) is 2.27. The van der Waals surface area contributed by atoms with E-state index in [1.54, 1.807) is 0 Å². The largest absolute Gasteiger partial charge is 0.478 e. The summed E-state index contributed by atoms with van der Waals surface area (Å²) in [6, 6.07) is 13.6. The van der Waals surface area contributed by atoms with Gasteiger partial charge in [-0.3, -0.25) is 0 Å². The van der Waals surface area contributed by atoms with Gasteiger partial charge >= 0.3 is 5.97 Å². The molecule has 0 heterocycles. The van der Waals surface area contributed by atoms with Crippen molar-refractivity contribution in [2.75, 3.05) is 25.0 Å². The van der Waals surface area contributed by atoms with Crippen LogP contribution < -0.4 is 10.0 Å². The molecule has 2 rings (SSSR count). The minimum atomic E-state index is -3.86. The second-order valence-electron chi connectivity index (χ2n) is 5.30. The Kier molecular flexibility index (Phi) is 6.51. The van der Waals surface area contributed by atoms with E-state index in [1.165, 1.54) is 12.1 Å². The summed E-state index contributed by atoms with van der Waals surface area (Å²) in [6.07, 6.45) is 0.706. The number of nitrogens with one attached hydrogen (secondary N) is 2. The van der Waals surface area contributed by atoms with Gasteiger partial charge in [-0.2, -0.15) is 0 Å². The summed E-state index contributed by atoms with van der Waals surface area (Å²) in [6.45, 7) is 0.0328. The molecule has 0 atom stereocenters. The molecule has 0 aromatic heterocycles. The van der Waals surface area contributed by atoms with Crippen LogP contribution in [0.5, 0.6) is 0 Å². The zero-order valence-electron chi connectivity index (χ0n) is 13.5. The van der Waals surface area contributed by atoms with Crippen LogP contribution >= 0.6 is 0 Å². The molecule has 2 aromatic carbocycles. The lowest BCUT2D eigenvalue weighted by Gasteiger charge is -2.12. The summed E-state index contributed by atoms with van der Waals surface area (Å²) in [7, 11) is -3.86. The lowest BCUT2D eigenvalue weighted by atomic mass is 10.1. The van der Waals surface area contributed by atoms with Crippen molar-refractivity contribution in [3.8, 4) is 0 Å². The molecular formula is C17H20N2O5S. The van der Waals surface area contributed by atoms with Crippen molar-refractivity contribution in [1.82, 2.24) is 4.72 Å². The van der Waals surface area contributed by atoms with Crippen molar-refractivity contribution in [2.24, 2.45) is 0 Å². The first-order valence-electron chi connectivity index (χ1n) is 7.69. The summed E-state index contributed by atoms with van der Waals surface area (Å²) in [5.41, 5.74) is 1.34. The Bertz CT molecular complexity index is 822. The van der Waals surface area contributed by atoms with Crippen LogP contribution in [0.4, 0.5) is 5.69 Å². The highest BCUT2D eigenvalue weighted by molar-refractivity contribution is 7.89. The first-order valence-corrected chi connectivity index (χ1v) is 9.18. The van der Waals surface area contributed by atoms with Gasteiger partial charge in [0.15, 0.2) is 0 Å². The summed E-state index contributed by atoms with van der Waals surface area (Å²) >= 11 is 0. The number of aliphatic hydroxyl groups is 1. The molecule has 0 amide bonds. The first kappa shape index (κ1) is 18.9. The van der Waals surface area contributed by atoms with Gasteiger partial charge in [0.25, 0.3) is 0 Å². The van der Waals surface area contributed by atoms with Crippen LogP contribution in [0.3, 0.4) is 0 Å². The standard InChI is InChI=1S/C17H20N2O5S/c20-11-10-19-25(23,24)14-6-7-16(15(12-14)17(21)22)18-9-8-13-4-2-1-3-5-13/h1-7,12,18-20H,8-11H2,(H,21,22). The maximum Gasteiger partial charge on any atom is 0.337 e. The van der Waals surface area contributed by atoms with Crippen molar-refractivity contribution >= 4 is 21.7 Å². The second-order valence-corrected chi connectivity index (χ2v) is 7.06. The third kappa shape index (κ3) is 5.28. The minimum absolute atomic E-state index is 0.125. The molecule has 0 bridgehead atoms. The van der Waals surface area contributed by atoms with Crippen molar-refractivity contribution in [3.63, 3.8) is 0 Å². The highest BCUT2D eigenvalue weighted by atomic mass is 32.2. The predicted octanol–water partition coefficient (Wildman–Crippen LogP) is 1.31. The first-order chi connectivity index (χ1) is 11.9. The third-order valence-electron chi connectivity index (χ3n) is 3.51. The molecule has 0 aliphatic rings. The van der Waals surface area contributed by atoms with Crippen molar-refractivity contribution in [2.45, 2.75) is 11.3 Å². The molecule has 4 N–H and O–H groups in total. The molecule has 0 unspecified atom stereocenters. The summed E-state index contributed by atoms with van der Waals surface area (Å²) < 4.78 is 26.3. The molecule has 7 nitrogen and oxygen atoms in total. The number of sulfonamides is 1. The SMILES string of the molecule is O=C(O)c1cc(S(=O)(=O)NCCO)ccc1NCCc1ccccc1. The lowest BCUT2D eigenvalue weighted by Crippen LogP contribution is -2.27. The van der Waals surface area contributed by atoms with Crippen LogP contribution in [0.25, 0.3) is 0 Å². The van der Waals surface area contributed by atoms with E-state index in [2.05, 4.69) is 10.0 Å². The monoisotopic (exact) mass is 364 g/mol. The molecule has 0 spiro atoms. The fraction of sp³-hybridized carbons (Fsp3) is 0.235. The van der Waals surface area contributed by atoms with Gasteiger partial charge in [0, 0.05) is 18.8 Å². The van der Waals surface area contributed by atoms with Gasteiger partial charge in [-0.25, -0.2) is 17.9 Å². The average molecular weight is 364 g/mol. The van der Waals surface area contributed by atoms with Crippen LogP contribution in [-0.4, -0.2) is 44.3 Å². The number of rotatable bonds is 9. The van der Waals surface area contributed by atoms with Crippen LogP contribution in [0, 0.1) is 0 Å². The Labute approximate surface area is 146 Å². The summed E-state index contributed by atoms with van der Waals surface area (Å²) in [5.74, 6) is -1.22. The van der Waals surface area contributed by atoms with E-state index in [1.807, 2.05) is 30.3 Å². The topological polar surface area (TPSA) is 116 Å². The van der Waals surface area contributed by atoms with Gasteiger partial charge in [-0.15, -0.1) is 0 Å². The van der Waals surface area contributed by atoms with Crippen molar-refractivity contribution in [1.29, 1.82) is 0 Å². The van der Waals surface area contributed by atoms with Crippen LogP contribution in [-0.2, 0) is 16.4 Å². The normalized spacial score (nSPS) is 11.2. The quantitative estimate of drug-likeness (QED) is 0.533. The highest BCUT2D eigenvalue weighted by Gasteiger charge is 2.18. The second kappa shape index (κ2) is 8.61. The maximum absolute atomic E-state index is 12.0. The molecule has 0 radical (unpaired) electrons. The van der Waals surface area contributed by atoms with Gasteiger partial charge in [0.2, 0.25) is 10.0 Å². The number of aliphatic hydroxyl groups excluding tert-OH is 1. The van der Waals surface area contributed by atoms with Gasteiger partial charge in [-0.05, 0) is 30.2 Å². The smallest absolute Gasteiger partial charge is 0.337 e. The number of aromatic carboxylic acids is 1. The van der Waals surface area contributed by atoms with E-state index in [9.17, 15) is 18.3 Å². The molecule has 0 saturated heterocycles. The molecule has 0 saturated carbocycles. The van der Waals surface area contributed by atoms with E-state index in [0.29, 0.717) is 18.7 Å². The minimum Gasteiger partial charge on any atom is -0.478 e. The Hall–Kier alpha value is -2.42. The molecule has 134 valence electrons. The van der Waals surface area contributed by atoms with Gasteiger partial charge < -0.3 is 15.5 Å². The molecule has 0 aliphatic heterocycles. The third-order valence-corrected chi connectivity index (χ3v) is 4.97. The molecule has 2 aromatic rings. The zero-order valence-corrected chi connectivity index (χ0v) is 14.3. The van der Waals surface area contributed by atoms with Crippen LogP contribution in [0.1, 0.15) is 15.9 Å². The highest BCUT2D eigenvalue weighted by Crippen LogP contribution is 2.21. The Morgan fingerprint density at radius 2 is 1.76 bits per heavy atom. The number of hydrogen-bond donors (Lipinski definition) is 4. The lowest BCUT2D eigenvalue weighted by molar-refractivity contribution is 0.0697. The number of carbonyl (C=O) groups is 1. The van der Waals surface area contributed by atoms with E-state index < -0.39 is 16.0 Å². The van der Waals surface area contributed by atoms with E-state index >= 15 is 0 Å². The van der Waals surface area contributed by atoms with Crippen molar-refractivity contribution < 1.29 is 23.4 Å². The molecule has 0 aliphatic carbocycles. The molecule has 0 fully saturated rings. The number of carboxylic acid groups (broad SMARTS) is 1. The number of hydrogen-bond acceptors (Lipinski definition) is 5. The Balaban J connectivity index is 2.14. The number of benzene rings is 2. The summed E-state index contributed by atoms with van der Waals surface area (Å²) in [4.78, 5) is 11.3. The fourth-order valence-corrected chi connectivity index (χ4v) is 3.32. The predicted molar refractivity (Wildman–Crippen MR) is 94.3 cm³/mol. The maximum atomic E-state index is 12.0. The number of carboxylic acids is 1. The van der Waals surface area contributed by atoms with E-state index in [-0.39, 0.29) is 23.6 Å². The van der Waals surface area contributed by atoms with E-state index in [0.717, 1.165) is 11.6 Å². The average Bonchev–Trinajstić information content (AvgIpc) is 2.61. The Morgan fingerprint density at radius 1 is 1.04 bits per heavy atom.